The summed E-state index contributed by atoms with van der Waals surface area (Å²) in [6.45, 7) is 2.73. The fraction of sp³-hybridized carbons (Fsp3) is 0.625. The second-order valence-corrected chi connectivity index (χ2v) is 7.56. The number of hydrogen-bond donors (Lipinski definition) is 1. The average Bonchev–Trinajstić information content (AvgIpc) is 2.89. The number of thioether (sulfide) groups is 1. The van der Waals surface area contributed by atoms with Crippen molar-refractivity contribution in [2.75, 3.05) is 18.1 Å². The molecule has 1 aromatic carbocycles. The fourth-order valence-electron chi connectivity index (χ4n) is 3.02. The molecule has 0 aromatic heterocycles. The highest BCUT2D eigenvalue weighted by atomic mass is 35.5. The summed E-state index contributed by atoms with van der Waals surface area (Å²) in [7, 11) is 0. The van der Waals surface area contributed by atoms with Crippen molar-refractivity contribution in [1.82, 2.24) is 0 Å². The topological polar surface area (TPSA) is 44.5 Å². The fourth-order valence-corrected chi connectivity index (χ4v) is 4.63. The van der Waals surface area contributed by atoms with Gasteiger partial charge in [0.15, 0.2) is 0 Å². The molecule has 2 fully saturated rings. The van der Waals surface area contributed by atoms with Crippen molar-refractivity contribution in [2.24, 2.45) is 5.73 Å². The summed E-state index contributed by atoms with van der Waals surface area (Å²) >= 11 is 8.30. The predicted octanol–water partition coefficient (Wildman–Crippen LogP) is 3.79. The number of hydrogen-bond acceptors (Lipinski definition) is 4. The van der Waals surface area contributed by atoms with E-state index in [-0.39, 0.29) is 17.7 Å². The molecule has 21 heavy (non-hydrogen) atoms. The third-order valence-corrected chi connectivity index (χ3v) is 5.81. The number of benzene rings is 1. The van der Waals surface area contributed by atoms with Crippen molar-refractivity contribution >= 4 is 23.4 Å². The Morgan fingerprint density at radius 1 is 1.52 bits per heavy atom. The van der Waals surface area contributed by atoms with Gasteiger partial charge in [0.25, 0.3) is 0 Å². The van der Waals surface area contributed by atoms with Gasteiger partial charge in [-0.1, -0.05) is 17.7 Å². The van der Waals surface area contributed by atoms with Gasteiger partial charge in [-0.15, -0.1) is 0 Å². The molecule has 2 N–H and O–H groups in total. The van der Waals surface area contributed by atoms with E-state index in [1.165, 1.54) is 5.75 Å². The van der Waals surface area contributed by atoms with Gasteiger partial charge in [-0.25, -0.2) is 0 Å². The number of nitrogens with two attached hydrogens (primary N) is 1. The molecule has 3 nitrogen and oxygen atoms in total. The quantitative estimate of drug-likeness (QED) is 0.917. The van der Waals surface area contributed by atoms with Crippen molar-refractivity contribution in [1.29, 1.82) is 0 Å². The van der Waals surface area contributed by atoms with E-state index >= 15 is 0 Å². The second-order valence-electron chi connectivity index (χ2n) is 6.05. The van der Waals surface area contributed by atoms with Gasteiger partial charge >= 0.3 is 0 Å². The van der Waals surface area contributed by atoms with Crippen LogP contribution >= 0.6 is 23.4 Å². The Bertz CT molecular complexity index is 503. The van der Waals surface area contributed by atoms with Gasteiger partial charge in [0.1, 0.15) is 11.9 Å². The third kappa shape index (κ3) is 3.50. The SMILES string of the molecule is C[C@@H](N)c1ccc(OC2CCOC3(CCSC3)C2)c(Cl)c1. The van der Waals surface area contributed by atoms with Crippen LogP contribution in [0.25, 0.3) is 0 Å². The molecular weight excluding hydrogens is 306 g/mol. The van der Waals surface area contributed by atoms with Crippen molar-refractivity contribution in [3.05, 3.63) is 28.8 Å². The maximum Gasteiger partial charge on any atom is 0.138 e. The van der Waals surface area contributed by atoms with Crippen LogP contribution in [0.2, 0.25) is 5.02 Å². The Balaban J connectivity index is 1.68. The van der Waals surface area contributed by atoms with Gasteiger partial charge in [0.2, 0.25) is 0 Å². The zero-order valence-electron chi connectivity index (χ0n) is 12.3. The molecule has 3 rings (SSSR count). The monoisotopic (exact) mass is 327 g/mol. The largest absolute Gasteiger partial charge is 0.489 e. The predicted molar refractivity (Wildman–Crippen MR) is 88.3 cm³/mol. The van der Waals surface area contributed by atoms with Gasteiger partial charge in [-0.3, -0.25) is 0 Å². The minimum atomic E-state index is -0.0154. The number of ether oxygens (including phenoxy) is 2. The normalized spacial score (nSPS) is 30.5. The van der Waals surface area contributed by atoms with Crippen LogP contribution in [0.3, 0.4) is 0 Å². The molecular formula is C16H22ClNO2S. The Labute approximate surface area is 135 Å². The summed E-state index contributed by atoms with van der Waals surface area (Å²) in [6.07, 6.45) is 3.22. The van der Waals surface area contributed by atoms with Crippen LogP contribution in [0.1, 0.15) is 37.8 Å². The molecule has 3 atom stereocenters. The minimum absolute atomic E-state index is 0.0154. The van der Waals surface area contributed by atoms with E-state index in [2.05, 4.69) is 0 Å². The first-order valence-electron chi connectivity index (χ1n) is 7.51. The first-order chi connectivity index (χ1) is 10.1. The summed E-state index contributed by atoms with van der Waals surface area (Å²) < 4.78 is 12.2. The van der Waals surface area contributed by atoms with Crippen molar-refractivity contribution < 1.29 is 9.47 Å². The lowest BCUT2D eigenvalue weighted by Gasteiger charge is -2.37. The summed E-state index contributed by atoms with van der Waals surface area (Å²) in [5, 5.41) is 0.645. The lowest BCUT2D eigenvalue weighted by Crippen LogP contribution is -2.43. The molecule has 0 amide bonds. The van der Waals surface area contributed by atoms with Gasteiger partial charge < -0.3 is 15.2 Å². The average molecular weight is 328 g/mol. The molecule has 0 aliphatic carbocycles. The van der Waals surface area contributed by atoms with Gasteiger partial charge in [0, 0.05) is 24.6 Å². The molecule has 2 heterocycles. The van der Waals surface area contributed by atoms with Crippen LogP contribution in [-0.4, -0.2) is 29.8 Å². The molecule has 1 spiro atoms. The van der Waals surface area contributed by atoms with E-state index in [0.29, 0.717) is 5.02 Å². The first kappa shape index (κ1) is 15.5. The second kappa shape index (κ2) is 6.37. The summed E-state index contributed by atoms with van der Waals surface area (Å²) in [6, 6.07) is 5.82. The molecule has 116 valence electrons. The Hall–Kier alpha value is -0.420. The molecule has 5 heteroatoms. The van der Waals surface area contributed by atoms with E-state index in [0.717, 1.165) is 42.9 Å². The Kier molecular flexibility index (Phi) is 4.69. The van der Waals surface area contributed by atoms with Crippen LogP contribution in [0, 0.1) is 0 Å². The van der Waals surface area contributed by atoms with E-state index in [1.807, 2.05) is 36.9 Å². The van der Waals surface area contributed by atoms with E-state index in [9.17, 15) is 0 Å². The van der Waals surface area contributed by atoms with E-state index < -0.39 is 0 Å². The molecule has 2 aliphatic heterocycles. The lowest BCUT2D eigenvalue weighted by molar-refractivity contribution is -0.0958. The maximum absolute atomic E-state index is 6.33. The number of halogens is 1. The highest BCUT2D eigenvalue weighted by Gasteiger charge is 2.41. The van der Waals surface area contributed by atoms with Gasteiger partial charge in [-0.05, 0) is 36.8 Å². The zero-order chi connectivity index (χ0) is 14.9. The maximum atomic E-state index is 6.33. The summed E-state index contributed by atoms with van der Waals surface area (Å²) in [4.78, 5) is 0. The van der Waals surface area contributed by atoms with Crippen molar-refractivity contribution in [3.8, 4) is 5.75 Å². The van der Waals surface area contributed by atoms with Crippen molar-refractivity contribution in [3.63, 3.8) is 0 Å². The molecule has 2 aliphatic rings. The van der Waals surface area contributed by atoms with Crippen LogP contribution < -0.4 is 10.5 Å². The number of rotatable bonds is 3. The van der Waals surface area contributed by atoms with Crippen LogP contribution in [0.5, 0.6) is 5.75 Å². The minimum Gasteiger partial charge on any atom is -0.489 e. The van der Waals surface area contributed by atoms with Crippen LogP contribution in [0.15, 0.2) is 18.2 Å². The Morgan fingerprint density at radius 3 is 3.05 bits per heavy atom. The lowest BCUT2D eigenvalue weighted by atomic mass is 9.91. The van der Waals surface area contributed by atoms with Gasteiger partial charge in [0.05, 0.1) is 17.2 Å². The molecule has 0 bridgehead atoms. The molecule has 2 unspecified atom stereocenters. The van der Waals surface area contributed by atoms with E-state index in [4.69, 9.17) is 26.8 Å². The molecule has 0 saturated carbocycles. The third-order valence-electron chi connectivity index (χ3n) is 4.29. The first-order valence-corrected chi connectivity index (χ1v) is 9.05. The smallest absolute Gasteiger partial charge is 0.138 e. The van der Waals surface area contributed by atoms with Gasteiger partial charge in [-0.2, -0.15) is 11.8 Å². The Morgan fingerprint density at radius 2 is 2.38 bits per heavy atom. The standard InChI is InChI=1S/C16H22ClNO2S/c1-11(18)12-2-3-15(14(17)8-12)20-13-4-6-19-16(9-13)5-7-21-10-16/h2-3,8,11,13H,4-7,9-10,18H2,1H3/t11-,13?,16?/m1/s1. The van der Waals surface area contributed by atoms with E-state index in [1.54, 1.807) is 0 Å². The van der Waals surface area contributed by atoms with Crippen LogP contribution in [-0.2, 0) is 4.74 Å². The summed E-state index contributed by atoms with van der Waals surface area (Å²) in [5.74, 6) is 3.04. The molecule has 0 radical (unpaired) electrons. The summed E-state index contributed by atoms with van der Waals surface area (Å²) in [5.41, 5.74) is 6.94. The molecule has 2 saturated heterocycles. The zero-order valence-corrected chi connectivity index (χ0v) is 13.9. The highest BCUT2D eigenvalue weighted by molar-refractivity contribution is 7.99. The molecule has 1 aromatic rings. The van der Waals surface area contributed by atoms with Crippen LogP contribution in [0.4, 0.5) is 0 Å². The van der Waals surface area contributed by atoms with Crippen molar-refractivity contribution in [2.45, 2.75) is 43.9 Å². The highest BCUT2D eigenvalue weighted by Crippen LogP contribution is 2.40.